The maximum absolute atomic E-state index is 6.50. The highest BCUT2D eigenvalue weighted by molar-refractivity contribution is 6.23. The van der Waals surface area contributed by atoms with E-state index in [9.17, 15) is 0 Å². The van der Waals surface area contributed by atoms with Crippen molar-refractivity contribution in [1.82, 2.24) is 4.98 Å². The van der Waals surface area contributed by atoms with Crippen LogP contribution in [0.5, 0.6) is 0 Å². The third kappa shape index (κ3) is 1.76. The second-order valence-corrected chi connectivity index (χ2v) is 6.69. The number of para-hydroxylation sites is 2. The van der Waals surface area contributed by atoms with Crippen molar-refractivity contribution in [1.29, 1.82) is 0 Å². The highest BCUT2D eigenvalue weighted by Crippen LogP contribution is 2.40. The Morgan fingerprint density at radius 3 is 2.23 bits per heavy atom. The summed E-state index contributed by atoms with van der Waals surface area (Å²) >= 11 is 0. The molecule has 6 rings (SSSR count). The lowest BCUT2D eigenvalue weighted by atomic mass is 10.0. The van der Waals surface area contributed by atoms with Crippen molar-refractivity contribution in [2.24, 2.45) is 0 Å². The highest BCUT2D eigenvalue weighted by atomic mass is 16.3. The molecule has 0 atom stereocenters. The van der Waals surface area contributed by atoms with Crippen molar-refractivity contribution >= 4 is 43.7 Å². The Hall–Kier alpha value is -3.52. The van der Waals surface area contributed by atoms with Gasteiger partial charge in [0.2, 0.25) is 0 Å². The second kappa shape index (κ2) is 4.99. The van der Waals surface area contributed by atoms with Gasteiger partial charge in [0, 0.05) is 27.2 Å². The fraction of sp³-hybridized carbons (Fsp3) is 0. The minimum Gasteiger partial charge on any atom is -0.455 e. The van der Waals surface area contributed by atoms with Crippen LogP contribution in [-0.2, 0) is 0 Å². The average Bonchev–Trinajstić information content (AvgIpc) is 3.26. The van der Waals surface area contributed by atoms with Gasteiger partial charge in [-0.05, 0) is 23.8 Å². The molecular formula is C24H15NO. The smallest absolute Gasteiger partial charge is 0.145 e. The number of hydrogen-bond acceptors (Lipinski definition) is 1. The molecule has 0 aliphatic rings. The van der Waals surface area contributed by atoms with Gasteiger partial charge in [-0.3, -0.25) is 0 Å². The molecule has 2 nitrogen and oxygen atoms in total. The number of hydrogen-bond donors (Lipinski definition) is 1. The summed E-state index contributed by atoms with van der Waals surface area (Å²) in [5.74, 6) is 0. The molecule has 2 aromatic heterocycles. The summed E-state index contributed by atoms with van der Waals surface area (Å²) in [6, 6.07) is 29.5. The monoisotopic (exact) mass is 333 g/mol. The fourth-order valence-corrected chi connectivity index (χ4v) is 4.03. The van der Waals surface area contributed by atoms with E-state index < -0.39 is 0 Å². The summed E-state index contributed by atoms with van der Waals surface area (Å²) in [6.45, 7) is 0. The van der Waals surface area contributed by atoms with Crippen LogP contribution < -0.4 is 0 Å². The van der Waals surface area contributed by atoms with Gasteiger partial charge in [-0.25, -0.2) is 0 Å². The van der Waals surface area contributed by atoms with Crippen LogP contribution in [0.1, 0.15) is 0 Å². The molecule has 0 amide bonds. The minimum absolute atomic E-state index is 0.950. The number of aromatic nitrogens is 1. The molecule has 2 heterocycles. The van der Waals surface area contributed by atoms with Crippen LogP contribution >= 0.6 is 0 Å². The fourth-order valence-electron chi connectivity index (χ4n) is 4.03. The van der Waals surface area contributed by atoms with Crippen molar-refractivity contribution in [2.45, 2.75) is 0 Å². The van der Waals surface area contributed by atoms with Crippen LogP contribution in [0.15, 0.2) is 89.3 Å². The van der Waals surface area contributed by atoms with Crippen molar-refractivity contribution in [3.8, 4) is 11.1 Å². The summed E-state index contributed by atoms with van der Waals surface area (Å²) < 4.78 is 6.50. The van der Waals surface area contributed by atoms with E-state index in [-0.39, 0.29) is 0 Å². The number of nitrogens with one attached hydrogen (secondary N) is 1. The van der Waals surface area contributed by atoms with Gasteiger partial charge in [0.05, 0.1) is 10.9 Å². The van der Waals surface area contributed by atoms with E-state index in [0.717, 1.165) is 43.9 Å². The maximum Gasteiger partial charge on any atom is 0.145 e. The van der Waals surface area contributed by atoms with E-state index in [1.54, 1.807) is 0 Å². The Morgan fingerprint density at radius 2 is 1.31 bits per heavy atom. The zero-order chi connectivity index (χ0) is 17.1. The minimum atomic E-state index is 0.950. The van der Waals surface area contributed by atoms with Crippen molar-refractivity contribution in [3.63, 3.8) is 0 Å². The number of benzene rings is 4. The third-order valence-corrected chi connectivity index (χ3v) is 5.22. The van der Waals surface area contributed by atoms with E-state index in [2.05, 4.69) is 83.8 Å². The normalized spacial score (nSPS) is 11.8. The number of H-pyrrole nitrogens is 1. The van der Waals surface area contributed by atoms with Crippen LogP contribution in [-0.4, -0.2) is 4.98 Å². The standard InChI is InChI=1S/C24H15NO/c1-2-7-15(8-3-1)16-10-6-11-17-18-13-14-21-22(24(18)26-23(16)17)19-9-4-5-12-20(19)25-21/h1-14,25H. The number of furan rings is 1. The van der Waals surface area contributed by atoms with Crippen LogP contribution in [0.25, 0.3) is 54.9 Å². The highest BCUT2D eigenvalue weighted by Gasteiger charge is 2.16. The molecular weight excluding hydrogens is 318 g/mol. The molecule has 0 unspecified atom stereocenters. The first-order valence-electron chi connectivity index (χ1n) is 8.80. The molecule has 4 aromatic carbocycles. The molecule has 1 N–H and O–H groups in total. The molecule has 0 aliphatic carbocycles. The van der Waals surface area contributed by atoms with Crippen molar-refractivity contribution in [2.75, 3.05) is 0 Å². The number of rotatable bonds is 1. The lowest BCUT2D eigenvalue weighted by molar-refractivity contribution is 0.674. The van der Waals surface area contributed by atoms with Crippen LogP contribution in [0.3, 0.4) is 0 Å². The molecule has 0 bridgehead atoms. The predicted molar refractivity (Wildman–Crippen MR) is 109 cm³/mol. The van der Waals surface area contributed by atoms with E-state index in [1.807, 2.05) is 6.07 Å². The first-order valence-corrected chi connectivity index (χ1v) is 8.80. The average molecular weight is 333 g/mol. The van der Waals surface area contributed by atoms with Gasteiger partial charge in [0.1, 0.15) is 11.2 Å². The predicted octanol–water partition coefficient (Wildman–Crippen LogP) is 6.89. The summed E-state index contributed by atoms with van der Waals surface area (Å²) in [4.78, 5) is 3.50. The zero-order valence-corrected chi connectivity index (χ0v) is 14.0. The quantitative estimate of drug-likeness (QED) is 0.349. The number of aromatic amines is 1. The van der Waals surface area contributed by atoms with Gasteiger partial charge in [-0.1, -0.05) is 66.7 Å². The molecule has 26 heavy (non-hydrogen) atoms. The molecule has 0 spiro atoms. The van der Waals surface area contributed by atoms with Gasteiger partial charge >= 0.3 is 0 Å². The lowest BCUT2D eigenvalue weighted by Gasteiger charge is -2.01. The van der Waals surface area contributed by atoms with E-state index in [1.165, 1.54) is 10.9 Å². The first-order chi connectivity index (χ1) is 12.9. The number of fused-ring (bicyclic) bond motifs is 7. The Balaban J connectivity index is 1.81. The third-order valence-electron chi connectivity index (χ3n) is 5.22. The Morgan fingerprint density at radius 1 is 0.538 bits per heavy atom. The van der Waals surface area contributed by atoms with Gasteiger partial charge in [0.15, 0.2) is 0 Å². The summed E-state index contributed by atoms with van der Waals surface area (Å²) in [6.07, 6.45) is 0. The molecule has 0 saturated carbocycles. The van der Waals surface area contributed by atoms with Crippen molar-refractivity contribution in [3.05, 3.63) is 84.9 Å². The van der Waals surface area contributed by atoms with Crippen LogP contribution in [0.4, 0.5) is 0 Å². The molecule has 0 radical (unpaired) electrons. The van der Waals surface area contributed by atoms with Crippen LogP contribution in [0, 0.1) is 0 Å². The van der Waals surface area contributed by atoms with E-state index >= 15 is 0 Å². The molecule has 0 fully saturated rings. The van der Waals surface area contributed by atoms with Crippen molar-refractivity contribution < 1.29 is 4.42 Å². The lowest BCUT2D eigenvalue weighted by Crippen LogP contribution is -1.77. The molecule has 0 saturated heterocycles. The Labute approximate surface area is 149 Å². The van der Waals surface area contributed by atoms with E-state index in [0.29, 0.717) is 0 Å². The van der Waals surface area contributed by atoms with Gasteiger partial charge in [0.25, 0.3) is 0 Å². The van der Waals surface area contributed by atoms with E-state index in [4.69, 9.17) is 4.42 Å². The van der Waals surface area contributed by atoms with Crippen LogP contribution in [0.2, 0.25) is 0 Å². The Kier molecular flexibility index (Phi) is 2.64. The summed E-state index contributed by atoms with van der Waals surface area (Å²) in [5.41, 5.74) is 6.46. The topological polar surface area (TPSA) is 28.9 Å². The van der Waals surface area contributed by atoms with Gasteiger partial charge in [-0.15, -0.1) is 0 Å². The first kappa shape index (κ1) is 13.7. The van der Waals surface area contributed by atoms with Gasteiger partial charge < -0.3 is 9.40 Å². The summed E-state index contributed by atoms with van der Waals surface area (Å²) in [7, 11) is 0. The molecule has 6 aromatic rings. The second-order valence-electron chi connectivity index (χ2n) is 6.69. The molecule has 2 heteroatoms. The maximum atomic E-state index is 6.50. The molecule has 0 aliphatic heterocycles. The van der Waals surface area contributed by atoms with Gasteiger partial charge in [-0.2, -0.15) is 0 Å². The Bertz CT molecular complexity index is 1420. The summed E-state index contributed by atoms with van der Waals surface area (Å²) in [5, 5.41) is 4.69. The zero-order valence-electron chi connectivity index (χ0n) is 14.0. The largest absolute Gasteiger partial charge is 0.455 e. The molecule has 122 valence electrons. The SMILES string of the molecule is c1ccc(-c2cccc3c2oc2c3ccc3[nH]c4ccccc4c32)cc1.